The molecule has 2 atom stereocenters. The van der Waals surface area contributed by atoms with Crippen LogP contribution >= 0.6 is 0 Å². The first-order valence-corrected chi connectivity index (χ1v) is 4.01. The van der Waals surface area contributed by atoms with Gasteiger partial charge in [0.25, 0.3) is 0 Å². The van der Waals surface area contributed by atoms with Crippen molar-refractivity contribution in [3.63, 3.8) is 0 Å². The van der Waals surface area contributed by atoms with Crippen LogP contribution in [0.1, 0.15) is 13.3 Å². The molecule has 1 saturated carbocycles. The van der Waals surface area contributed by atoms with Gasteiger partial charge in [-0.2, -0.15) is 0 Å². The number of hydrogen-bond donors (Lipinski definition) is 2. The molecule has 68 valence electrons. The van der Waals surface area contributed by atoms with Crippen molar-refractivity contribution < 1.29 is 0 Å². The molecule has 0 aliphatic heterocycles. The van der Waals surface area contributed by atoms with E-state index in [0.717, 1.165) is 6.42 Å². The van der Waals surface area contributed by atoms with E-state index >= 15 is 0 Å². The molecule has 1 aliphatic carbocycles. The molecular weight excluding hydrogens is 152 g/mol. The SMILES string of the molecule is CN=C(N)[C@H]1C[C@]1(C)C(N)=NC. The molecule has 0 amide bonds. The molecule has 0 bridgehead atoms. The molecule has 4 N–H and O–H groups in total. The summed E-state index contributed by atoms with van der Waals surface area (Å²) in [6, 6.07) is 0. The van der Waals surface area contributed by atoms with Crippen molar-refractivity contribution in [3.8, 4) is 0 Å². The molecule has 0 aromatic heterocycles. The van der Waals surface area contributed by atoms with Crippen LogP contribution in [-0.4, -0.2) is 25.8 Å². The van der Waals surface area contributed by atoms with E-state index in [0.29, 0.717) is 17.6 Å². The minimum Gasteiger partial charge on any atom is -0.387 e. The molecule has 0 radical (unpaired) electrons. The summed E-state index contributed by atoms with van der Waals surface area (Å²) in [4.78, 5) is 7.92. The predicted molar refractivity (Wildman–Crippen MR) is 51.3 cm³/mol. The Morgan fingerprint density at radius 1 is 1.33 bits per heavy atom. The van der Waals surface area contributed by atoms with Crippen LogP contribution in [0.2, 0.25) is 0 Å². The lowest BCUT2D eigenvalue weighted by atomic mass is 10.1. The van der Waals surface area contributed by atoms with E-state index in [1.807, 2.05) is 0 Å². The van der Waals surface area contributed by atoms with E-state index in [2.05, 4.69) is 16.9 Å². The number of nitrogens with zero attached hydrogens (tertiary/aromatic N) is 2. The molecule has 0 unspecified atom stereocenters. The summed E-state index contributed by atoms with van der Waals surface area (Å²) < 4.78 is 0. The average molecular weight is 168 g/mol. The lowest BCUT2D eigenvalue weighted by Gasteiger charge is -2.08. The third kappa shape index (κ3) is 1.17. The van der Waals surface area contributed by atoms with Crippen LogP contribution < -0.4 is 11.5 Å². The summed E-state index contributed by atoms with van der Waals surface area (Å²) in [5, 5.41) is 0. The Morgan fingerprint density at radius 2 is 1.92 bits per heavy atom. The molecular formula is C8H16N4. The maximum atomic E-state index is 5.73. The number of nitrogens with two attached hydrogens (primary N) is 2. The zero-order valence-corrected chi connectivity index (χ0v) is 7.83. The lowest BCUT2D eigenvalue weighted by molar-refractivity contribution is 0.749. The number of aliphatic imine (C=N–C) groups is 2. The fourth-order valence-electron chi connectivity index (χ4n) is 1.49. The maximum absolute atomic E-state index is 5.73. The second kappa shape index (κ2) is 2.77. The molecule has 12 heavy (non-hydrogen) atoms. The van der Waals surface area contributed by atoms with Gasteiger partial charge in [-0.15, -0.1) is 0 Å². The molecule has 4 nitrogen and oxygen atoms in total. The number of hydrogen-bond acceptors (Lipinski definition) is 2. The van der Waals surface area contributed by atoms with Gasteiger partial charge in [-0.1, -0.05) is 6.92 Å². The van der Waals surface area contributed by atoms with Crippen LogP contribution in [0.3, 0.4) is 0 Å². The van der Waals surface area contributed by atoms with Gasteiger partial charge < -0.3 is 11.5 Å². The number of amidine groups is 2. The Kier molecular flexibility index (Phi) is 2.08. The first kappa shape index (κ1) is 9.03. The molecule has 1 fully saturated rings. The summed E-state index contributed by atoms with van der Waals surface area (Å²) in [6.45, 7) is 2.07. The minimum atomic E-state index is -0.0294. The predicted octanol–water partition coefficient (Wildman–Crippen LogP) is -0.0134. The van der Waals surface area contributed by atoms with Gasteiger partial charge in [0.1, 0.15) is 5.84 Å². The molecule has 0 heterocycles. The minimum absolute atomic E-state index is 0.0294. The van der Waals surface area contributed by atoms with E-state index in [1.54, 1.807) is 14.1 Å². The zero-order valence-electron chi connectivity index (χ0n) is 7.83. The standard InChI is InChI=1S/C8H16N4/c1-8(7(10)12-3)4-5(8)6(9)11-2/h5H,4H2,1-3H3,(H2,9,11)(H2,10,12)/t5-,8+/m1/s1. The van der Waals surface area contributed by atoms with Gasteiger partial charge in [0, 0.05) is 25.4 Å². The Balaban J connectivity index is 2.72. The highest BCUT2D eigenvalue weighted by Crippen LogP contribution is 2.52. The normalized spacial score (nSPS) is 36.8. The summed E-state index contributed by atoms with van der Waals surface area (Å²) in [7, 11) is 3.41. The Hall–Kier alpha value is -1.06. The van der Waals surface area contributed by atoms with Gasteiger partial charge in [-0.05, 0) is 6.42 Å². The summed E-state index contributed by atoms with van der Waals surface area (Å²) in [6.07, 6.45) is 0.972. The highest BCUT2D eigenvalue weighted by molar-refractivity contribution is 5.98. The largest absolute Gasteiger partial charge is 0.387 e. The Bertz CT molecular complexity index is 243. The van der Waals surface area contributed by atoms with Crippen LogP contribution in [0.25, 0.3) is 0 Å². The number of rotatable bonds is 2. The van der Waals surface area contributed by atoms with Crippen LogP contribution in [0.15, 0.2) is 9.98 Å². The smallest absolute Gasteiger partial charge is 0.100 e. The molecule has 0 saturated heterocycles. The van der Waals surface area contributed by atoms with Crippen molar-refractivity contribution >= 4 is 11.7 Å². The molecule has 0 aromatic carbocycles. The fourth-order valence-corrected chi connectivity index (χ4v) is 1.49. The third-order valence-electron chi connectivity index (χ3n) is 2.68. The van der Waals surface area contributed by atoms with Crippen molar-refractivity contribution in [3.05, 3.63) is 0 Å². The molecule has 4 heteroatoms. The van der Waals surface area contributed by atoms with Crippen molar-refractivity contribution in [1.29, 1.82) is 0 Å². The molecule has 0 aromatic rings. The van der Waals surface area contributed by atoms with E-state index in [9.17, 15) is 0 Å². The maximum Gasteiger partial charge on any atom is 0.100 e. The molecule has 1 rings (SSSR count). The lowest BCUT2D eigenvalue weighted by Crippen LogP contribution is -2.28. The topological polar surface area (TPSA) is 76.8 Å². The van der Waals surface area contributed by atoms with E-state index in [-0.39, 0.29) is 5.41 Å². The van der Waals surface area contributed by atoms with Gasteiger partial charge in [0.2, 0.25) is 0 Å². The van der Waals surface area contributed by atoms with E-state index in [1.165, 1.54) is 0 Å². The van der Waals surface area contributed by atoms with E-state index in [4.69, 9.17) is 11.5 Å². The van der Waals surface area contributed by atoms with Crippen molar-refractivity contribution in [1.82, 2.24) is 0 Å². The van der Waals surface area contributed by atoms with E-state index < -0.39 is 0 Å². The van der Waals surface area contributed by atoms with Crippen molar-refractivity contribution in [2.24, 2.45) is 32.8 Å². The Labute approximate surface area is 72.8 Å². The second-order valence-corrected chi connectivity index (χ2v) is 3.43. The first-order chi connectivity index (χ1) is 5.56. The monoisotopic (exact) mass is 168 g/mol. The summed E-state index contributed by atoms with van der Waals surface area (Å²) in [5.74, 6) is 1.66. The van der Waals surface area contributed by atoms with Crippen LogP contribution in [0.5, 0.6) is 0 Å². The highest BCUT2D eigenvalue weighted by atomic mass is 14.9. The van der Waals surface area contributed by atoms with Gasteiger partial charge in [-0.25, -0.2) is 0 Å². The van der Waals surface area contributed by atoms with Crippen LogP contribution in [0, 0.1) is 11.3 Å². The highest BCUT2D eigenvalue weighted by Gasteiger charge is 2.55. The third-order valence-corrected chi connectivity index (χ3v) is 2.68. The van der Waals surface area contributed by atoms with Crippen LogP contribution in [0.4, 0.5) is 0 Å². The second-order valence-electron chi connectivity index (χ2n) is 3.43. The summed E-state index contributed by atoms with van der Waals surface area (Å²) >= 11 is 0. The van der Waals surface area contributed by atoms with Gasteiger partial charge >= 0.3 is 0 Å². The average Bonchev–Trinajstić information content (AvgIpc) is 2.76. The van der Waals surface area contributed by atoms with Gasteiger partial charge in [0.05, 0.1) is 5.84 Å². The zero-order chi connectivity index (χ0) is 9.35. The molecule has 0 spiro atoms. The van der Waals surface area contributed by atoms with Gasteiger partial charge in [0.15, 0.2) is 0 Å². The quantitative estimate of drug-likeness (QED) is 0.449. The van der Waals surface area contributed by atoms with Crippen LogP contribution in [-0.2, 0) is 0 Å². The fraction of sp³-hybridized carbons (Fsp3) is 0.750. The Morgan fingerprint density at radius 3 is 2.33 bits per heavy atom. The van der Waals surface area contributed by atoms with Gasteiger partial charge in [-0.3, -0.25) is 9.98 Å². The summed E-state index contributed by atoms with van der Waals surface area (Å²) in [5.41, 5.74) is 11.4. The van der Waals surface area contributed by atoms with Crippen molar-refractivity contribution in [2.45, 2.75) is 13.3 Å². The van der Waals surface area contributed by atoms with Crippen molar-refractivity contribution in [2.75, 3.05) is 14.1 Å². The molecule has 1 aliphatic rings. The first-order valence-electron chi connectivity index (χ1n) is 4.01.